The third kappa shape index (κ3) is 1.31. The van der Waals surface area contributed by atoms with Crippen LogP contribution < -0.4 is 0 Å². The van der Waals surface area contributed by atoms with Crippen LogP contribution in [0.4, 0.5) is 0 Å². The topological polar surface area (TPSA) is 29.5 Å². The van der Waals surface area contributed by atoms with Crippen LogP contribution in [0.5, 0.6) is 0 Å². The van der Waals surface area contributed by atoms with Crippen molar-refractivity contribution in [1.29, 1.82) is 0 Å². The summed E-state index contributed by atoms with van der Waals surface area (Å²) >= 11 is 5.47. The van der Waals surface area contributed by atoms with E-state index in [-0.39, 0.29) is 11.8 Å². The Morgan fingerprint density at radius 3 is 2.50 bits per heavy atom. The largest absolute Gasteiger partial charge is 0.381 e. The molecule has 4 heteroatoms. The predicted molar refractivity (Wildman–Crippen MR) is 45.1 cm³/mol. The number of rotatable bonds is 1. The van der Waals surface area contributed by atoms with Crippen LogP contribution in [0.1, 0.15) is 0 Å². The number of fused-ring (bicyclic) bond motifs is 1. The fourth-order valence-corrected chi connectivity index (χ4v) is 2.14. The van der Waals surface area contributed by atoms with Crippen LogP contribution in [0.25, 0.3) is 0 Å². The summed E-state index contributed by atoms with van der Waals surface area (Å²) in [5.74, 6) is 1.31. The molecule has 0 N–H and O–H groups in total. The van der Waals surface area contributed by atoms with Gasteiger partial charge in [0.15, 0.2) is 0 Å². The van der Waals surface area contributed by atoms with Crippen LogP contribution in [-0.2, 0) is 9.53 Å². The maximum absolute atomic E-state index is 11.2. The van der Waals surface area contributed by atoms with Gasteiger partial charge in [0.05, 0.1) is 13.2 Å². The van der Waals surface area contributed by atoms with Gasteiger partial charge < -0.3 is 9.64 Å². The molecule has 68 valence electrons. The summed E-state index contributed by atoms with van der Waals surface area (Å²) in [5, 5.41) is 0. The van der Waals surface area contributed by atoms with Gasteiger partial charge in [-0.15, -0.1) is 11.6 Å². The molecule has 0 bridgehead atoms. The fraction of sp³-hybridized carbons (Fsp3) is 0.875. The van der Waals surface area contributed by atoms with Gasteiger partial charge in [0.2, 0.25) is 5.91 Å². The lowest BCUT2D eigenvalue weighted by Crippen LogP contribution is -2.31. The summed E-state index contributed by atoms with van der Waals surface area (Å²) in [6.45, 7) is 3.32. The van der Waals surface area contributed by atoms with E-state index in [1.54, 1.807) is 0 Å². The summed E-state index contributed by atoms with van der Waals surface area (Å²) in [5.41, 5.74) is 0. The Morgan fingerprint density at radius 2 is 2.00 bits per heavy atom. The van der Waals surface area contributed by atoms with Gasteiger partial charge in [0.1, 0.15) is 5.88 Å². The van der Waals surface area contributed by atoms with Crippen LogP contribution in [0, 0.1) is 11.8 Å². The van der Waals surface area contributed by atoms with Gasteiger partial charge in [-0.25, -0.2) is 0 Å². The highest BCUT2D eigenvalue weighted by molar-refractivity contribution is 6.27. The van der Waals surface area contributed by atoms with Gasteiger partial charge in [-0.05, 0) is 0 Å². The minimum Gasteiger partial charge on any atom is -0.381 e. The zero-order valence-electron chi connectivity index (χ0n) is 6.83. The molecule has 0 aromatic carbocycles. The van der Waals surface area contributed by atoms with Crippen molar-refractivity contribution in [3.63, 3.8) is 0 Å². The van der Waals surface area contributed by atoms with Gasteiger partial charge in [-0.1, -0.05) is 0 Å². The van der Waals surface area contributed by atoms with Gasteiger partial charge in [-0.2, -0.15) is 0 Å². The average molecular weight is 190 g/mol. The van der Waals surface area contributed by atoms with Crippen molar-refractivity contribution < 1.29 is 9.53 Å². The van der Waals surface area contributed by atoms with Crippen molar-refractivity contribution in [3.8, 4) is 0 Å². The number of likely N-dealkylation sites (tertiary alicyclic amines) is 1. The Morgan fingerprint density at radius 1 is 1.42 bits per heavy atom. The van der Waals surface area contributed by atoms with E-state index in [2.05, 4.69) is 0 Å². The molecule has 2 aliphatic heterocycles. The van der Waals surface area contributed by atoms with Crippen molar-refractivity contribution in [3.05, 3.63) is 0 Å². The van der Waals surface area contributed by atoms with Gasteiger partial charge in [0.25, 0.3) is 0 Å². The maximum Gasteiger partial charge on any atom is 0.237 e. The van der Waals surface area contributed by atoms with E-state index < -0.39 is 0 Å². The van der Waals surface area contributed by atoms with Gasteiger partial charge in [-0.3, -0.25) is 4.79 Å². The van der Waals surface area contributed by atoms with E-state index in [0.29, 0.717) is 11.8 Å². The average Bonchev–Trinajstić information content (AvgIpc) is 2.60. The number of hydrogen-bond acceptors (Lipinski definition) is 2. The standard InChI is InChI=1S/C8H12ClNO2/c9-1-8(11)10-2-6-4-12-5-7(6)3-10/h6-7H,1-5H2/t6-,7-/m1/s1. The van der Waals surface area contributed by atoms with Crippen LogP contribution in [0.3, 0.4) is 0 Å². The second-order valence-corrected chi connectivity index (χ2v) is 3.76. The minimum absolute atomic E-state index is 0.0612. The summed E-state index contributed by atoms with van der Waals surface area (Å²) < 4.78 is 5.30. The van der Waals surface area contributed by atoms with E-state index >= 15 is 0 Å². The smallest absolute Gasteiger partial charge is 0.237 e. The minimum atomic E-state index is 0.0612. The number of amides is 1. The highest BCUT2D eigenvalue weighted by Gasteiger charge is 2.38. The van der Waals surface area contributed by atoms with E-state index in [9.17, 15) is 4.79 Å². The molecule has 2 fully saturated rings. The zero-order valence-corrected chi connectivity index (χ0v) is 7.59. The summed E-state index contributed by atoms with van der Waals surface area (Å²) in [4.78, 5) is 13.1. The van der Waals surface area contributed by atoms with Crippen molar-refractivity contribution in [1.82, 2.24) is 4.90 Å². The molecular weight excluding hydrogens is 178 g/mol. The summed E-state index contributed by atoms with van der Waals surface area (Å²) in [6, 6.07) is 0. The molecule has 2 saturated heterocycles. The Kier molecular flexibility index (Phi) is 2.24. The van der Waals surface area contributed by atoms with Crippen LogP contribution in [0.15, 0.2) is 0 Å². The van der Waals surface area contributed by atoms with Crippen molar-refractivity contribution in [2.24, 2.45) is 11.8 Å². The Labute approximate surface area is 76.6 Å². The number of carbonyl (C=O) groups excluding carboxylic acids is 1. The molecule has 1 amide bonds. The van der Waals surface area contributed by atoms with E-state index in [0.717, 1.165) is 26.3 Å². The van der Waals surface area contributed by atoms with Crippen LogP contribution >= 0.6 is 11.6 Å². The zero-order chi connectivity index (χ0) is 8.55. The third-order valence-corrected chi connectivity index (χ3v) is 2.94. The SMILES string of the molecule is O=C(CCl)N1C[C@@H]2COC[C@H]2C1. The number of alkyl halides is 1. The van der Waals surface area contributed by atoms with Crippen molar-refractivity contribution >= 4 is 17.5 Å². The predicted octanol–water partition coefficient (Wildman–Crippen LogP) is 0.330. The summed E-state index contributed by atoms with van der Waals surface area (Å²) in [6.07, 6.45) is 0. The number of carbonyl (C=O) groups is 1. The van der Waals surface area contributed by atoms with Gasteiger partial charge in [0, 0.05) is 24.9 Å². The first-order valence-corrected chi connectivity index (χ1v) is 4.76. The lowest BCUT2D eigenvalue weighted by Gasteiger charge is -2.15. The molecule has 2 aliphatic rings. The normalized spacial score (nSPS) is 33.9. The lowest BCUT2D eigenvalue weighted by molar-refractivity contribution is -0.127. The first kappa shape index (κ1) is 8.32. The highest BCUT2D eigenvalue weighted by atomic mass is 35.5. The molecule has 2 atom stereocenters. The Hall–Kier alpha value is -0.280. The Balaban J connectivity index is 1.94. The molecule has 0 unspecified atom stereocenters. The number of hydrogen-bond donors (Lipinski definition) is 0. The third-order valence-electron chi connectivity index (χ3n) is 2.71. The molecular formula is C8H12ClNO2. The van der Waals surface area contributed by atoms with Crippen LogP contribution in [0.2, 0.25) is 0 Å². The molecule has 0 spiro atoms. The molecule has 0 aromatic heterocycles. The quantitative estimate of drug-likeness (QED) is 0.557. The molecule has 2 heterocycles. The maximum atomic E-state index is 11.2. The molecule has 0 aromatic rings. The Bertz CT molecular complexity index is 185. The number of nitrogens with zero attached hydrogens (tertiary/aromatic N) is 1. The second-order valence-electron chi connectivity index (χ2n) is 3.49. The molecule has 0 saturated carbocycles. The highest BCUT2D eigenvalue weighted by Crippen LogP contribution is 2.28. The van der Waals surface area contributed by atoms with E-state index in [4.69, 9.17) is 16.3 Å². The first-order chi connectivity index (χ1) is 5.81. The van der Waals surface area contributed by atoms with E-state index in [1.165, 1.54) is 0 Å². The number of halogens is 1. The van der Waals surface area contributed by atoms with Gasteiger partial charge >= 0.3 is 0 Å². The molecule has 3 nitrogen and oxygen atoms in total. The van der Waals surface area contributed by atoms with Crippen LogP contribution in [-0.4, -0.2) is 43.0 Å². The fourth-order valence-electron chi connectivity index (χ4n) is 1.98. The number of ether oxygens (including phenoxy) is 1. The lowest BCUT2D eigenvalue weighted by atomic mass is 10.0. The van der Waals surface area contributed by atoms with E-state index in [1.807, 2.05) is 4.90 Å². The van der Waals surface area contributed by atoms with Crippen molar-refractivity contribution in [2.45, 2.75) is 0 Å². The molecule has 0 aliphatic carbocycles. The summed E-state index contributed by atoms with van der Waals surface area (Å²) in [7, 11) is 0. The molecule has 2 rings (SSSR count). The molecule has 12 heavy (non-hydrogen) atoms. The first-order valence-electron chi connectivity index (χ1n) is 4.22. The second kappa shape index (κ2) is 3.23. The monoisotopic (exact) mass is 189 g/mol. The molecule has 0 radical (unpaired) electrons. The van der Waals surface area contributed by atoms with Crippen molar-refractivity contribution in [2.75, 3.05) is 32.2 Å².